The molecule has 29 heavy (non-hydrogen) atoms. The Morgan fingerprint density at radius 3 is 2.31 bits per heavy atom. The molecule has 1 saturated heterocycles. The van der Waals surface area contributed by atoms with Crippen molar-refractivity contribution in [2.45, 2.75) is 6.54 Å². The van der Waals surface area contributed by atoms with E-state index in [2.05, 4.69) is 25.4 Å². The summed E-state index contributed by atoms with van der Waals surface area (Å²) in [5.41, 5.74) is 2.61. The normalized spacial score (nSPS) is 14.2. The third kappa shape index (κ3) is 5.75. The van der Waals surface area contributed by atoms with Gasteiger partial charge in [-0.3, -0.25) is 9.79 Å². The van der Waals surface area contributed by atoms with Gasteiger partial charge < -0.3 is 25.5 Å². The lowest BCUT2D eigenvalue weighted by Gasteiger charge is -2.37. The van der Waals surface area contributed by atoms with Crippen molar-refractivity contribution in [2.24, 2.45) is 4.99 Å². The third-order valence-electron chi connectivity index (χ3n) is 4.91. The van der Waals surface area contributed by atoms with Crippen molar-refractivity contribution >= 4 is 41.5 Å². The van der Waals surface area contributed by atoms with Gasteiger partial charge in [-0.15, -0.1) is 24.0 Å². The van der Waals surface area contributed by atoms with Gasteiger partial charge in [0.25, 0.3) is 5.91 Å². The van der Waals surface area contributed by atoms with Gasteiger partial charge in [0.15, 0.2) is 5.96 Å². The van der Waals surface area contributed by atoms with Crippen molar-refractivity contribution in [1.82, 2.24) is 15.5 Å². The van der Waals surface area contributed by atoms with E-state index in [1.54, 1.807) is 20.2 Å². The highest BCUT2D eigenvalue weighted by atomic mass is 127. The molecule has 1 aliphatic heterocycles. The van der Waals surface area contributed by atoms with Crippen molar-refractivity contribution in [3.05, 3.63) is 59.7 Å². The van der Waals surface area contributed by atoms with Crippen molar-refractivity contribution in [2.75, 3.05) is 45.2 Å². The average Bonchev–Trinajstić information content (AvgIpc) is 2.75. The number of carbonyl (C=O) groups excluding carboxylic acids is 1. The maximum absolute atomic E-state index is 11.6. The van der Waals surface area contributed by atoms with Gasteiger partial charge in [0.2, 0.25) is 0 Å². The first kappa shape index (κ1) is 22.8. The van der Waals surface area contributed by atoms with Crippen LogP contribution in [0.4, 0.5) is 5.69 Å². The number of piperazine rings is 1. The number of benzene rings is 2. The molecule has 0 radical (unpaired) electrons. The van der Waals surface area contributed by atoms with Crippen LogP contribution in [0, 0.1) is 0 Å². The number of halogens is 1. The molecular formula is C21H28IN5O2. The van der Waals surface area contributed by atoms with Crippen molar-refractivity contribution in [1.29, 1.82) is 0 Å². The monoisotopic (exact) mass is 509 g/mol. The first-order valence-electron chi connectivity index (χ1n) is 9.42. The zero-order valence-electron chi connectivity index (χ0n) is 16.8. The minimum atomic E-state index is -0.0855. The van der Waals surface area contributed by atoms with E-state index < -0.39 is 0 Å². The summed E-state index contributed by atoms with van der Waals surface area (Å²) in [6, 6.07) is 15.0. The van der Waals surface area contributed by atoms with Gasteiger partial charge in [-0.1, -0.05) is 24.3 Å². The van der Waals surface area contributed by atoms with Crippen LogP contribution in [-0.2, 0) is 6.54 Å². The number of phenols is 1. The summed E-state index contributed by atoms with van der Waals surface area (Å²) in [6.07, 6.45) is 0. The molecule has 0 bridgehead atoms. The molecule has 0 atom stereocenters. The lowest BCUT2D eigenvalue weighted by atomic mass is 10.1. The number of para-hydroxylation sites is 2. The fourth-order valence-electron chi connectivity index (χ4n) is 3.32. The number of nitrogens with one attached hydrogen (secondary N) is 2. The van der Waals surface area contributed by atoms with E-state index in [1.807, 2.05) is 42.5 Å². The van der Waals surface area contributed by atoms with E-state index in [0.29, 0.717) is 17.9 Å². The van der Waals surface area contributed by atoms with E-state index in [9.17, 15) is 9.90 Å². The largest absolute Gasteiger partial charge is 0.506 e. The predicted octanol–water partition coefficient (Wildman–Crippen LogP) is 2.27. The lowest BCUT2D eigenvalue weighted by molar-refractivity contribution is 0.0963. The summed E-state index contributed by atoms with van der Waals surface area (Å²) in [5, 5.41) is 16.1. The van der Waals surface area contributed by atoms with Crippen molar-refractivity contribution in [3.63, 3.8) is 0 Å². The van der Waals surface area contributed by atoms with E-state index in [-0.39, 0.29) is 29.9 Å². The standard InChI is InChI=1S/C21H27N5O2.HI/c1-22-20(28)17-9-7-16(8-10-17)15-24-21(23-2)26-13-11-25(12-14-26)18-5-3-4-6-19(18)27;/h3-10,27H,11-15H2,1-2H3,(H,22,28)(H,23,24);1H. The smallest absolute Gasteiger partial charge is 0.251 e. The minimum Gasteiger partial charge on any atom is -0.506 e. The molecule has 3 rings (SSSR count). The second kappa shape index (κ2) is 10.9. The van der Waals surface area contributed by atoms with Crippen LogP contribution in [0.3, 0.4) is 0 Å². The summed E-state index contributed by atoms with van der Waals surface area (Å²) < 4.78 is 0. The average molecular weight is 509 g/mol. The van der Waals surface area contributed by atoms with Crippen LogP contribution < -0.4 is 15.5 Å². The third-order valence-corrected chi connectivity index (χ3v) is 4.91. The summed E-state index contributed by atoms with van der Waals surface area (Å²) in [7, 11) is 3.41. The summed E-state index contributed by atoms with van der Waals surface area (Å²) >= 11 is 0. The van der Waals surface area contributed by atoms with E-state index in [4.69, 9.17) is 0 Å². The Kier molecular flexibility index (Phi) is 8.56. The SMILES string of the molecule is CN=C(NCc1ccc(C(=O)NC)cc1)N1CCN(c2ccccc2O)CC1.I. The minimum absolute atomic E-state index is 0. The molecule has 0 saturated carbocycles. The predicted molar refractivity (Wildman–Crippen MR) is 127 cm³/mol. The van der Waals surface area contributed by atoms with Crippen LogP contribution in [0.15, 0.2) is 53.5 Å². The molecule has 8 heteroatoms. The molecular weight excluding hydrogens is 481 g/mol. The number of aromatic hydroxyl groups is 1. The summed E-state index contributed by atoms with van der Waals surface area (Å²) in [6.45, 7) is 3.92. The van der Waals surface area contributed by atoms with Gasteiger partial charge in [-0.05, 0) is 29.8 Å². The number of aliphatic imine (C=N–C) groups is 1. The molecule has 1 fully saturated rings. The molecule has 156 valence electrons. The fraction of sp³-hybridized carbons (Fsp3) is 0.333. The first-order valence-corrected chi connectivity index (χ1v) is 9.42. The van der Waals surface area contributed by atoms with E-state index in [1.165, 1.54) is 0 Å². The van der Waals surface area contributed by atoms with E-state index in [0.717, 1.165) is 43.4 Å². The first-order chi connectivity index (χ1) is 13.6. The van der Waals surface area contributed by atoms with Crippen LogP contribution in [0.1, 0.15) is 15.9 Å². The van der Waals surface area contributed by atoms with Crippen LogP contribution in [-0.4, -0.2) is 62.1 Å². The highest BCUT2D eigenvalue weighted by molar-refractivity contribution is 14.0. The zero-order valence-corrected chi connectivity index (χ0v) is 19.1. The molecule has 1 aliphatic rings. The van der Waals surface area contributed by atoms with Gasteiger partial charge in [-0.25, -0.2) is 0 Å². The molecule has 2 aromatic rings. The fourth-order valence-corrected chi connectivity index (χ4v) is 3.32. The summed E-state index contributed by atoms with van der Waals surface area (Å²) in [5.74, 6) is 1.09. The van der Waals surface area contributed by atoms with Crippen LogP contribution in [0.5, 0.6) is 5.75 Å². The van der Waals surface area contributed by atoms with Gasteiger partial charge in [0.05, 0.1) is 5.69 Å². The Balaban J connectivity index is 0.00000300. The van der Waals surface area contributed by atoms with Crippen molar-refractivity contribution in [3.8, 4) is 5.75 Å². The number of hydrogen-bond donors (Lipinski definition) is 3. The molecule has 0 aliphatic carbocycles. The number of carbonyl (C=O) groups is 1. The second-order valence-corrected chi connectivity index (χ2v) is 6.64. The highest BCUT2D eigenvalue weighted by Crippen LogP contribution is 2.27. The Morgan fingerprint density at radius 1 is 1.07 bits per heavy atom. The number of hydrogen-bond acceptors (Lipinski definition) is 4. The Morgan fingerprint density at radius 2 is 1.72 bits per heavy atom. The summed E-state index contributed by atoms with van der Waals surface area (Å²) in [4.78, 5) is 20.4. The number of amides is 1. The van der Waals surface area contributed by atoms with Gasteiger partial charge >= 0.3 is 0 Å². The molecule has 0 unspecified atom stereocenters. The van der Waals surface area contributed by atoms with Crippen LogP contribution in [0.25, 0.3) is 0 Å². The number of nitrogens with zero attached hydrogens (tertiary/aromatic N) is 3. The molecule has 7 nitrogen and oxygen atoms in total. The zero-order chi connectivity index (χ0) is 19.9. The Bertz CT molecular complexity index is 833. The van der Waals surface area contributed by atoms with Gasteiger partial charge in [0.1, 0.15) is 5.75 Å². The van der Waals surface area contributed by atoms with Crippen LogP contribution in [0.2, 0.25) is 0 Å². The lowest BCUT2D eigenvalue weighted by Crippen LogP contribution is -2.52. The molecule has 1 amide bonds. The second-order valence-electron chi connectivity index (χ2n) is 6.64. The van der Waals surface area contributed by atoms with Crippen LogP contribution >= 0.6 is 24.0 Å². The quantitative estimate of drug-likeness (QED) is 0.335. The number of anilines is 1. The maximum Gasteiger partial charge on any atom is 0.251 e. The molecule has 2 aromatic carbocycles. The molecule has 0 aromatic heterocycles. The van der Waals surface area contributed by atoms with Crippen molar-refractivity contribution < 1.29 is 9.90 Å². The topological polar surface area (TPSA) is 80.2 Å². The Hall–Kier alpha value is -2.49. The molecule has 1 heterocycles. The van der Waals surface area contributed by atoms with E-state index >= 15 is 0 Å². The van der Waals surface area contributed by atoms with Gasteiger partial charge in [-0.2, -0.15) is 0 Å². The van der Waals surface area contributed by atoms with Gasteiger partial charge in [0, 0.05) is 52.4 Å². The number of rotatable bonds is 4. The molecule has 0 spiro atoms. The number of guanidine groups is 1. The Labute approximate surface area is 188 Å². The maximum atomic E-state index is 11.6. The highest BCUT2D eigenvalue weighted by Gasteiger charge is 2.21. The molecule has 3 N–H and O–H groups in total. The number of phenolic OH excluding ortho intramolecular Hbond substituents is 1.